The van der Waals surface area contributed by atoms with Crippen LogP contribution in [0.4, 0.5) is 0 Å². The number of methoxy groups -OCH3 is 1. The van der Waals surface area contributed by atoms with Crippen molar-refractivity contribution in [1.29, 1.82) is 5.26 Å². The minimum atomic E-state index is -0.342. The Labute approximate surface area is 112 Å². The molecule has 0 aliphatic carbocycles. The summed E-state index contributed by atoms with van der Waals surface area (Å²) in [5.74, 6) is -0.498. The van der Waals surface area contributed by atoms with Gasteiger partial charge in [0.1, 0.15) is 0 Å². The smallest absolute Gasteiger partial charge is 0.307 e. The standard InChI is InChI=1S/C14H16N2O3/c1-3-16(9-8-13(17)19-2)14(18)12-6-4-11(10-15)5-7-12/h4-7H,3,8-9H2,1-2H3. The average molecular weight is 260 g/mol. The molecule has 0 saturated heterocycles. The lowest BCUT2D eigenvalue weighted by Gasteiger charge is -2.20. The van der Waals surface area contributed by atoms with Gasteiger partial charge in [0, 0.05) is 18.7 Å². The van der Waals surface area contributed by atoms with E-state index in [-0.39, 0.29) is 18.3 Å². The zero-order valence-corrected chi connectivity index (χ0v) is 11.0. The Morgan fingerprint density at radius 3 is 2.42 bits per heavy atom. The number of benzene rings is 1. The molecule has 0 unspecified atom stereocenters. The van der Waals surface area contributed by atoms with Gasteiger partial charge < -0.3 is 9.64 Å². The number of nitrogens with zero attached hydrogens (tertiary/aromatic N) is 2. The highest BCUT2D eigenvalue weighted by Gasteiger charge is 2.15. The van der Waals surface area contributed by atoms with Crippen LogP contribution in [0.15, 0.2) is 24.3 Å². The van der Waals surface area contributed by atoms with E-state index >= 15 is 0 Å². The summed E-state index contributed by atoms with van der Waals surface area (Å²) >= 11 is 0. The molecule has 19 heavy (non-hydrogen) atoms. The van der Waals surface area contributed by atoms with E-state index in [0.29, 0.717) is 24.2 Å². The lowest BCUT2D eigenvalue weighted by molar-refractivity contribution is -0.140. The van der Waals surface area contributed by atoms with Gasteiger partial charge in [0.25, 0.3) is 5.91 Å². The summed E-state index contributed by atoms with van der Waals surface area (Å²) in [4.78, 5) is 24.8. The van der Waals surface area contributed by atoms with Crippen LogP contribution in [-0.4, -0.2) is 37.0 Å². The van der Waals surface area contributed by atoms with Crippen LogP contribution in [0.1, 0.15) is 29.3 Å². The van der Waals surface area contributed by atoms with E-state index in [9.17, 15) is 9.59 Å². The summed E-state index contributed by atoms with van der Waals surface area (Å²) in [5, 5.41) is 8.70. The van der Waals surface area contributed by atoms with E-state index in [0.717, 1.165) is 0 Å². The van der Waals surface area contributed by atoms with Crippen molar-refractivity contribution in [2.24, 2.45) is 0 Å². The fourth-order valence-corrected chi connectivity index (χ4v) is 1.60. The number of rotatable bonds is 5. The highest BCUT2D eigenvalue weighted by atomic mass is 16.5. The molecule has 0 aliphatic heterocycles. The molecule has 0 heterocycles. The summed E-state index contributed by atoms with van der Waals surface area (Å²) in [6.07, 6.45) is 0.173. The molecule has 0 saturated carbocycles. The number of amides is 1. The topological polar surface area (TPSA) is 70.4 Å². The monoisotopic (exact) mass is 260 g/mol. The number of carbonyl (C=O) groups is 2. The Kier molecular flexibility index (Phi) is 5.55. The number of hydrogen-bond donors (Lipinski definition) is 0. The molecule has 1 aromatic rings. The van der Waals surface area contributed by atoms with Gasteiger partial charge in [-0.25, -0.2) is 0 Å². The molecule has 0 N–H and O–H groups in total. The highest BCUT2D eigenvalue weighted by Crippen LogP contribution is 2.08. The fraction of sp³-hybridized carbons (Fsp3) is 0.357. The van der Waals surface area contributed by atoms with Crippen molar-refractivity contribution in [3.8, 4) is 6.07 Å². The summed E-state index contributed by atoms with van der Waals surface area (Å²) in [5.41, 5.74) is 1.01. The van der Waals surface area contributed by atoms with E-state index in [1.165, 1.54) is 7.11 Å². The second-order valence-corrected chi connectivity index (χ2v) is 3.90. The molecule has 1 rings (SSSR count). The molecule has 5 nitrogen and oxygen atoms in total. The van der Waals surface area contributed by atoms with Crippen molar-refractivity contribution >= 4 is 11.9 Å². The molecule has 5 heteroatoms. The van der Waals surface area contributed by atoms with Crippen LogP contribution in [0.25, 0.3) is 0 Å². The van der Waals surface area contributed by atoms with Crippen LogP contribution >= 0.6 is 0 Å². The minimum absolute atomic E-state index is 0.157. The second kappa shape index (κ2) is 7.17. The molecule has 0 fully saturated rings. The molecule has 0 spiro atoms. The molecular formula is C14H16N2O3. The van der Waals surface area contributed by atoms with Gasteiger partial charge in [0.2, 0.25) is 0 Å². The average Bonchev–Trinajstić information content (AvgIpc) is 2.47. The van der Waals surface area contributed by atoms with Crippen molar-refractivity contribution in [3.05, 3.63) is 35.4 Å². The largest absolute Gasteiger partial charge is 0.469 e. The number of ether oxygens (including phenoxy) is 1. The van der Waals surface area contributed by atoms with Gasteiger partial charge in [0.05, 0.1) is 25.2 Å². The van der Waals surface area contributed by atoms with Crippen molar-refractivity contribution in [1.82, 2.24) is 4.90 Å². The predicted octanol–water partition coefficient (Wildman–Crippen LogP) is 1.58. The van der Waals surface area contributed by atoms with Crippen molar-refractivity contribution in [3.63, 3.8) is 0 Å². The molecule has 1 aromatic carbocycles. The third-order valence-electron chi connectivity index (χ3n) is 2.74. The molecule has 100 valence electrons. The third-order valence-corrected chi connectivity index (χ3v) is 2.74. The maximum atomic E-state index is 12.2. The van der Waals surface area contributed by atoms with Gasteiger partial charge in [-0.05, 0) is 31.2 Å². The van der Waals surface area contributed by atoms with Crippen LogP contribution in [0.5, 0.6) is 0 Å². The lowest BCUT2D eigenvalue weighted by Crippen LogP contribution is -2.33. The number of nitriles is 1. The first kappa shape index (κ1) is 14.7. The molecule has 0 bridgehead atoms. The molecule has 0 radical (unpaired) electrons. The Morgan fingerprint density at radius 1 is 1.32 bits per heavy atom. The Morgan fingerprint density at radius 2 is 1.95 bits per heavy atom. The zero-order chi connectivity index (χ0) is 14.3. The van der Waals surface area contributed by atoms with Crippen LogP contribution < -0.4 is 0 Å². The zero-order valence-electron chi connectivity index (χ0n) is 11.0. The van der Waals surface area contributed by atoms with Crippen LogP contribution in [0, 0.1) is 11.3 Å². The normalized spacial score (nSPS) is 9.53. The Balaban J connectivity index is 2.72. The van der Waals surface area contributed by atoms with Gasteiger partial charge in [0.15, 0.2) is 0 Å². The summed E-state index contributed by atoms with van der Waals surface area (Å²) in [7, 11) is 1.32. The summed E-state index contributed by atoms with van der Waals surface area (Å²) < 4.78 is 4.55. The summed E-state index contributed by atoms with van der Waals surface area (Å²) in [6, 6.07) is 8.42. The van der Waals surface area contributed by atoms with Crippen molar-refractivity contribution in [2.45, 2.75) is 13.3 Å². The maximum Gasteiger partial charge on any atom is 0.307 e. The minimum Gasteiger partial charge on any atom is -0.469 e. The van der Waals surface area contributed by atoms with E-state index in [2.05, 4.69) is 4.74 Å². The van der Waals surface area contributed by atoms with E-state index < -0.39 is 0 Å². The quantitative estimate of drug-likeness (QED) is 0.754. The Hall–Kier alpha value is -2.35. The fourth-order valence-electron chi connectivity index (χ4n) is 1.60. The Bertz CT molecular complexity index is 488. The first-order chi connectivity index (χ1) is 9.12. The van der Waals surface area contributed by atoms with E-state index in [4.69, 9.17) is 5.26 Å². The van der Waals surface area contributed by atoms with E-state index in [1.807, 2.05) is 13.0 Å². The van der Waals surface area contributed by atoms with Crippen LogP contribution in [0.2, 0.25) is 0 Å². The summed E-state index contributed by atoms with van der Waals surface area (Å²) in [6.45, 7) is 2.68. The highest BCUT2D eigenvalue weighted by molar-refractivity contribution is 5.94. The molecule has 0 aliphatic rings. The molecule has 1 amide bonds. The van der Waals surface area contributed by atoms with Crippen LogP contribution in [0.3, 0.4) is 0 Å². The lowest BCUT2D eigenvalue weighted by atomic mass is 10.1. The van der Waals surface area contributed by atoms with Gasteiger partial charge in [-0.3, -0.25) is 9.59 Å². The van der Waals surface area contributed by atoms with Gasteiger partial charge >= 0.3 is 5.97 Å². The van der Waals surface area contributed by atoms with E-state index in [1.54, 1.807) is 29.2 Å². The van der Waals surface area contributed by atoms with Crippen LogP contribution in [-0.2, 0) is 9.53 Å². The number of carbonyl (C=O) groups excluding carboxylic acids is 2. The predicted molar refractivity (Wildman–Crippen MR) is 69.4 cm³/mol. The maximum absolute atomic E-state index is 12.2. The molecular weight excluding hydrogens is 244 g/mol. The molecule has 0 aromatic heterocycles. The first-order valence-electron chi connectivity index (χ1n) is 5.98. The number of esters is 1. The van der Waals surface area contributed by atoms with Crippen molar-refractivity contribution < 1.29 is 14.3 Å². The van der Waals surface area contributed by atoms with Gasteiger partial charge in [-0.1, -0.05) is 0 Å². The number of hydrogen-bond acceptors (Lipinski definition) is 4. The van der Waals surface area contributed by atoms with Gasteiger partial charge in [-0.2, -0.15) is 5.26 Å². The molecule has 0 atom stereocenters. The second-order valence-electron chi connectivity index (χ2n) is 3.90. The van der Waals surface area contributed by atoms with Crippen molar-refractivity contribution in [2.75, 3.05) is 20.2 Å². The first-order valence-corrected chi connectivity index (χ1v) is 5.98. The third kappa shape index (κ3) is 4.11. The van der Waals surface area contributed by atoms with Gasteiger partial charge in [-0.15, -0.1) is 0 Å². The SMILES string of the molecule is CCN(CCC(=O)OC)C(=O)c1ccc(C#N)cc1.